The molecule has 3 rings (SSSR count). The van der Waals surface area contributed by atoms with Gasteiger partial charge >= 0.3 is 0 Å². The Morgan fingerprint density at radius 3 is 2.80 bits per heavy atom. The smallest absolute Gasteiger partial charge is 0.147 e. The Balaban J connectivity index is 1.68. The van der Waals surface area contributed by atoms with E-state index in [0.717, 1.165) is 38.9 Å². The van der Waals surface area contributed by atoms with Crippen molar-refractivity contribution in [2.45, 2.75) is 37.3 Å². The van der Waals surface area contributed by atoms with Crippen molar-refractivity contribution >= 4 is 17.3 Å². The fraction of sp³-hybridized carbons (Fsp3) is 0.600. The van der Waals surface area contributed by atoms with Gasteiger partial charge in [0.25, 0.3) is 0 Å². The van der Waals surface area contributed by atoms with E-state index >= 15 is 0 Å². The Hall–Kier alpha value is -0.840. The fourth-order valence-electron chi connectivity index (χ4n) is 3.07. The Bertz CT molecular complexity index is 471. The molecule has 2 aliphatic rings. The maximum atomic E-state index is 13.8. The molecule has 1 N–H and O–H groups in total. The first kappa shape index (κ1) is 14.1. The van der Waals surface area contributed by atoms with E-state index in [2.05, 4.69) is 5.32 Å². The van der Waals surface area contributed by atoms with E-state index in [-0.39, 0.29) is 17.5 Å². The van der Waals surface area contributed by atoms with E-state index in [1.165, 1.54) is 6.07 Å². The zero-order valence-corrected chi connectivity index (χ0v) is 12.1. The Morgan fingerprint density at radius 2 is 2.05 bits per heavy atom. The molecular formula is C15H19ClFNO2. The second-order valence-electron chi connectivity index (χ2n) is 5.60. The number of benzene rings is 1. The summed E-state index contributed by atoms with van der Waals surface area (Å²) in [5, 5.41) is 3.71. The van der Waals surface area contributed by atoms with Gasteiger partial charge in [-0.2, -0.15) is 0 Å². The molecule has 0 aliphatic carbocycles. The molecule has 3 nitrogen and oxygen atoms in total. The monoisotopic (exact) mass is 299 g/mol. The van der Waals surface area contributed by atoms with Crippen molar-refractivity contribution in [3.05, 3.63) is 29.0 Å². The molecule has 110 valence electrons. The summed E-state index contributed by atoms with van der Waals surface area (Å²) < 4.78 is 25.2. The van der Waals surface area contributed by atoms with Gasteiger partial charge in [-0.05, 0) is 43.9 Å². The van der Waals surface area contributed by atoms with Crippen LogP contribution >= 0.6 is 11.6 Å². The van der Waals surface area contributed by atoms with Gasteiger partial charge in [-0.1, -0.05) is 11.6 Å². The highest BCUT2D eigenvalue weighted by molar-refractivity contribution is 6.30. The highest BCUT2D eigenvalue weighted by atomic mass is 35.5. The molecule has 20 heavy (non-hydrogen) atoms. The van der Waals surface area contributed by atoms with Crippen molar-refractivity contribution in [2.24, 2.45) is 0 Å². The predicted molar refractivity (Wildman–Crippen MR) is 76.8 cm³/mol. The van der Waals surface area contributed by atoms with Crippen LogP contribution in [0.25, 0.3) is 0 Å². The molecular weight excluding hydrogens is 281 g/mol. The summed E-state index contributed by atoms with van der Waals surface area (Å²) in [6, 6.07) is 4.98. The van der Waals surface area contributed by atoms with Gasteiger partial charge in [0.15, 0.2) is 0 Å². The molecule has 1 aromatic rings. The zero-order chi connectivity index (χ0) is 14.0. The minimum Gasteiger partial charge on any atom is -0.381 e. The molecule has 0 amide bonds. The topological polar surface area (TPSA) is 30.5 Å². The number of ether oxygens (including phenoxy) is 2. The molecule has 1 atom stereocenters. The summed E-state index contributed by atoms with van der Waals surface area (Å²) in [6.07, 6.45) is 3.64. The zero-order valence-electron chi connectivity index (χ0n) is 11.3. The molecule has 0 radical (unpaired) electrons. The van der Waals surface area contributed by atoms with Gasteiger partial charge in [-0.25, -0.2) is 4.39 Å². The summed E-state index contributed by atoms with van der Waals surface area (Å²) in [5.41, 5.74) is 0.431. The minimum absolute atomic E-state index is 0.0862. The van der Waals surface area contributed by atoms with Gasteiger partial charge in [0.05, 0.1) is 11.3 Å². The van der Waals surface area contributed by atoms with Crippen molar-refractivity contribution in [1.29, 1.82) is 0 Å². The molecule has 0 saturated carbocycles. The number of rotatable bonds is 2. The van der Waals surface area contributed by atoms with Gasteiger partial charge in [0, 0.05) is 30.9 Å². The van der Waals surface area contributed by atoms with Crippen LogP contribution in [-0.2, 0) is 9.47 Å². The summed E-state index contributed by atoms with van der Waals surface area (Å²) in [6.45, 7) is 2.22. The van der Waals surface area contributed by atoms with Crippen LogP contribution in [0.15, 0.2) is 18.2 Å². The number of nitrogens with one attached hydrogen (secondary N) is 1. The lowest BCUT2D eigenvalue weighted by atomic mass is 9.84. The van der Waals surface area contributed by atoms with Gasteiger partial charge in [0.2, 0.25) is 0 Å². The summed E-state index contributed by atoms with van der Waals surface area (Å²) in [7, 11) is 0. The average Bonchev–Trinajstić information content (AvgIpc) is 2.43. The van der Waals surface area contributed by atoms with Crippen LogP contribution in [0.3, 0.4) is 0 Å². The molecule has 2 heterocycles. The standard InChI is InChI=1S/C15H19ClFNO2/c16-11-1-2-14(13(17)9-11)18-12-3-6-20-15(10-12)4-7-19-8-5-15/h1-2,9,12,18H,3-8,10H2. The van der Waals surface area contributed by atoms with E-state index in [1.54, 1.807) is 12.1 Å². The third kappa shape index (κ3) is 3.08. The van der Waals surface area contributed by atoms with Crippen molar-refractivity contribution in [3.8, 4) is 0 Å². The van der Waals surface area contributed by atoms with Crippen LogP contribution in [0, 0.1) is 5.82 Å². The van der Waals surface area contributed by atoms with E-state index in [0.29, 0.717) is 17.3 Å². The third-order valence-electron chi connectivity index (χ3n) is 4.19. The lowest BCUT2D eigenvalue weighted by Gasteiger charge is -2.43. The molecule has 1 spiro atoms. The second kappa shape index (κ2) is 5.88. The van der Waals surface area contributed by atoms with Gasteiger partial charge in [0.1, 0.15) is 5.82 Å². The van der Waals surface area contributed by atoms with E-state index in [4.69, 9.17) is 21.1 Å². The predicted octanol–water partition coefficient (Wildman–Crippen LogP) is 3.62. The Kier molecular flexibility index (Phi) is 4.15. The molecule has 2 saturated heterocycles. The molecule has 2 fully saturated rings. The lowest BCUT2D eigenvalue weighted by molar-refractivity contribution is -0.135. The van der Waals surface area contributed by atoms with Crippen LogP contribution in [0.5, 0.6) is 0 Å². The van der Waals surface area contributed by atoms with E-state index in [1.807, 2.05) is 0 Å². The lowest BCUT2D eigenvalue weighted by Crippen LogP contribution is -2.47. The quantitative estimate of drug-likeness (QED) is 0.905. The molecule has 0 bridgehead atoms. The van der Waals surface area contributed by atoms with E-state index < -0.39 is 0 Å². The van der Waals surface area contributed by atoms with Gasteiger partial charge in [-0.15, -0.1) is 0 Å². The van der Waals surface area contributed by atoms with Crippen molar-refractivity contribution in [1.82, 2.24) is 0 Å². The van der Waals surface area contributed by atoms with Crippen molar-refractivity contribution < 1.29 is 13.9 Å². The first-order valence-electron chi connectivity index (χ1n) is 7.10. The maximum Gasteiger partial charge on any atom is 0.147 e. The van der Waals surface area contributed by atoms with Crippen LogP contribution in [0.1, 0.15) is 25.7 Å². The summed E-state index contributed by atoms with van der Waals surface area (Å²) >= 11 is 5.77. The molecule has 2 aliphatic heterocycles. The number of anilines is 1. The highest BCUT2D eigenvalue weighted by Crippen LogP contribution is 2.35. The first-order chi connectivity index (χ1) is 9.67. The van der Waals surface area contributed by atoms with Crippen LogP contribution in [-0.4, -0.2) is 31.5 Å². The second-order valence-corrected chi connectivity index (χ2v) is 6.04. The normalized spacial score (nSPS) is 25.6. The summed E-state index contributed by atoms with van der Waals surface area (Å²) in [5.74, 6) is -0.301. The molecule has 1 aromatic carbocycles. The number of halogens is 2. The molecule has 5 heteroatoms. The highest BCUT2D eigenvalue weighted by Gasteiger charge is 2.39. The van der Waals surface area contributed by atoms with Gasteiger partial charge in [-0.3, -0.25) is 0 Å². The average molecular weight is 300 g/mol. The minimum atomic E-state index is -0.301. The Labute approximate surface area is 123 Å². The van der Waals surface area contributed by atoms with Crippen molar-refractivity contribution in [3.63, 3.8) is 0 Å². The van der Waals surface area contributed by atoms with Crippen LogP contribution in [0.4, 0.5) is 10.1 Å². The summed E-state index contributed by atoms with van der Waals surface area (Å²) in [4.78, 5) is 0. The molecule has 0 aromatic heterocycles. The largest absolute Gasteiger partial charge is 0.381 e. The first-order valence-corrected chi connectivity index (χ1v) is 7.48. The van der Waals surface area contributed by atoms with Gasteiger partial charge < -0.3 is 14.8 Å². The Morgan fingerprint density at radius 1 is 1.25 bits per heavy atom. The van der Waals surface area contributed by atoms with E-state index in [9.17, 15) is 4.39 Å². The molecule has 1 unspecified atom stereocenters. The number of hydrogen-bond donors (Lipinski definition) is 1. The van der Waals surface area contributed by atoms with Crippen molar-refractivity contribution in [2.75, 3.05) is 25.1 Å². The SMILES string of the molecule is Fc1cc(Cl)ccc1NC1CCOC2(CCOCC2)C1. The van der Waals surface area contributed by atoms with Crippen LogP contribution in [0.2, 0.25) is 5.02 Å². The maximum absolute atomic E-state index is 13.8. The van der Waals surface area contributed by atoms with Crippen LogP contribution < -0.4 is 5.32 Å². The number of hydrogen-bond acceptors (Lipinski definition) is 3. The third-order valence-corrected chi connectivity index (χ3v) is 4.42. The fourth-order valence-corrected chi connectivity index (χ4v) is 3.23.